The van der Waals surface area contributed by atoms with E-state index in [4.69, 9.17) is 21.7 Å². The number of benzene rings is 3. The Morgan fingerprint density at radius 1 is 0.700 bits per heavy atom. The van der Waals surface area contributed by atoms with Crippen molar-refractivity contribution in [3.63, 3.8) is 0 Å². The van der Waals surface area contributed by atoms with E-state index >= 15 is 0 Å². The highest BCUT2D eigenvalue weighted by Crippen LogP contribution is 2.25. The van der Waals surface area contributed by atoms with Gasteiger partial charge in [0.2, 0.25) is 5.91 Å². The van der Waals surface area contributed by atoms with Crippen molar-refractivity contribution in [3.8, 4) is 11.5 Å². The van der Waals surface area contributed by atoms with Crippen molar-refractivity contribution >= 4 is 40.7 Å². The Bertz CT molecular complexity index is 1290. The molecule has 208 valence electrons. The molecule has 4 rings (SSSR count). The second-order valence-corrected chi connectivity index (χ2v) is 9.71. The topological polar surface area (TPSA) is 118 Å². The van der Waals surface area contributed by atoms with Crippen molar-refractivity contribution < 1.29 is 23.9 Å². The van der Waals surface area contributed by atoms with Crippen molar-refractivity contribution in [1.82, 2.24) is 16.2 Å². The standard InChI is InChI=1S/C30H32N4O5S/c35-27(21-7-3-1-4-8-21)31-24-15-11-23(12-16-24)29(37)33-34-30(40)32-28(36)22-13-17-26(18-14-22)39-20-19-38-25-9-5-2-6-10-25/h2,5-6,9-18,21H,1,3-4,7-8,19-20H2,(H,31,35)(H,33,37)(H2,32,34,36,40). The van der Waals surface area contributed by atoms with E-state index in [-0.39, 0.29) is 16.9 Å². The van der Waals surface area contributed by atoms with Crippen molar-refractivity contribution in [2.24, 2.45) is 5.92 Å². The molecule has 40 heavy (non-hydrogen) atoms. The molecule has 0 unspecified atom stereocenters. The van der Waals surface area contributed by atoms with Gasteiger partial charge in [-0.25, -0.2) is 0 Å². The summed E-state index contributed by atoms with van der Waals surface area (Å²) in [7, 11) is 0. The number of nitrogens with one attached hydrogen (secondary N) is 4. The lowest BCUT2D eigenvalue weighted by Gasteiger charge is -2.20. The summed E-state index contributed by atoms with van der Waals surface area (Å²) in [6, 6.07) is 22.6. The Hall–Kier alpha value is -4.44. The number of hydrogen-bond acceptors (Lipinski definition) is 6. The quantitative estimate of drug-likeness (QED) is 0.171. The minimum Gasteiger partial charge on any atom is -0.490 e. The summed E-state index contributed by atoms with van der Waals surface area (Å²) in [5.74, 6) is 0.555. The number of carbonyl (C=O) groups is 3. The first-order valence-electron chi connectivity index (χ1n) is 13.2. The fourth-order valence-electron chi connectivity index (χ4n) is 4.24. The van der Waals surface area contributed by atoms with Crippen LogP contribution in [0.5, 0.6) is 11.5 Å². The fourth-order valence-corrected chi connectivity index (χ4v) is 4.39. The Morgan fingerprint density at radius 2 is 1.27 bits per heavy atom. The van der Waals surface area contributed by atoms with E-state index < -0.39 is 11.8 Å². The number of amides is 3. The van der Waals surface area contributed by atoms with Crippen LogP contribution >= 0.6 is 12.2 Å². The summed E-state index contributed by atoms with van der Waals surface area (Å²) in [6.45, 7) is 0.741. The third-order valence-corrected chi connectivity index (χ3v) is 6.59. The molecule has 0 heterocycles. The van der Waals surface area contributed by atoms with Crippen molar-refractivity contribution in [2.75, 3.05) is 18.5 Å². The molecule has 1 aliphatic carbocycles. The molecule has 0 saturated heterocycles. The van der Waals surface area contributed by atoms with Crippen LogP contribution in [-0.4, -0.2) is 36.0 Å². The molecule has 4 N–H and O–H groups in total. The third-order valence-electron chi connectivity index (χ3n) is 6.39. The molecule has 9 nitrogen and oxygen atoms in total. The van der Waals surface area contributed by atoms with Crippen LogP contribution in [0.2, 0.25) is 0 Å². The summed E-state index contributed by atoms with van der Waals surface area (Å²) in [6.07, 6.45) is 5.18. The second-order valence-electron chi connectivity index (χ2n) is 9.30. The van der Waals surface area contributed by atoms with Crippen LogP contribution in [-0.2, 0) is 4.79 Å². The van der Waals surface area contributed by atoms with E-state index in [2.05, 4.69) is 21.5 Å². The van der Waals surface area contributed by atoms with Gasteiger partial charge < -0.3 is 14.8 Å². The lowest BCUT2D eigenvalue weighted by molar-refractivity contribution is -0.120. The number of rotatable bonds is 9. The van der Waals surface area contributed by atoms with Gasteiger partial charge >= 0.3 is 0 Å². The monoisotopic (exact) mass is 560 g/mol. The predicted molar refractivity (Wildman–Crippen MR) is 156 cm³/mol. The molecule has 0 atom stereocenters. The average molecular weight is 561 g/mol. The highest BCUT2D eigenvalue weighted by Gasteiger charge is 2.21. The number of thiocarbonyl (C=S) groups is 1. The highest BCUT2D eigenvalue weighted by atomic mass is 32.1. The van der Waals surface area contributed by atoms with E-state index in [1.54, 1.807) is 48.5 Å². The fraction of sp³-hybridized carbons (Fsp3) is 0.267. The Labute approximate surface area is 238 Å². The van der Waals surface area contributed by atoms with E-state index in [1.807, 2.05) is 30.3 Å². The van der Waals surface area contributed by atoms with Gasteiger partial charge in [0.05, 0.1) is 0 Å². The maximum absolute atomic E-state index is 12.5. The zero-order valence-electron chi connectivity index (χ0n) is 22.0. The molecule has 10 heteroatoms. The van der Waals surface area contributed by atoms with E-state index in [9.17, 15) is 14.4 Å². The predicted octanol–water partition coefficient (Wildman–Crippen LogP) is 4.61. The molecule has 3 aromatic rings. The van der Waals surface area contributed by atoms with Gasteiger partial charge in [-0.2, -0.15) is 0 Å². The lowest BCUT2D eigenvalue weighted by atomic mass is 9.88. The molecule has 0 aliphatic heterocycles. The summed E-state index contributed by atoms with van der Waals surface area (Å²) in [5, 5.41) is 5.37. The van der Waals surface area contributed by atoms with Crippen LogP contribution in [0.3, 0.4) is 0 Å². The van der Waals surface area contributed by atoms with Gasteiger partial charge in [-0.15, -0.1) is 0 Å². The SMILES string of the molecule is O=C(NNC(=S)NC(=O)c1ccc(OCCOc2ccccc2)cc1)c1ccc(NC(=O)C2CCCCC2)cc1. The Kier molecular flexibility index (Phi) is 10.5. The molecule has 1 fully saturated rings. The molecule has 0 radical (unpaired) electrons. The number of carbonyl (C=O) groups excluding carboxylic acids is 3. The number of para-hydroxylation sites is 1. The first kappa shape index (κ1) is 28.6. The largest absolute Gasteiger partial charge is 0.490 e. The van der Waals surface area contributed by atoms with Crippen LogP contribution < -0.4 is 31.0 Å². The zero-order valence-corrected chi connectivity index (χ0v) is 22.8. The van der Waals surface area contributed by atoms with Gasteiger partial charge in [0.15, 0.2) is 5.11 Å². The normalized spacial score (nSPS) is 13.0. The Balaban J connectivity index is 1.15. The van der Waals surface area contributed by atoms with E-state index in [1.165, 1.54) is 6.42 Å². The van der Waals surface area contributed by atoms with Gasteiger partial charge in [-0.1, -0.05) is 37.5 Å². The van der Waals surface area contributed by atoms with Crippen LogP contribution in [0.25, 0.3) is 0 Å². The molecule has 1 saturated carbocycles. The van der Waals surface area contributed by atoms with Gasteiger partial charge in [-0.05, 0) is 85.7 Å². The van der Waals surface area contributed by atoms with Crippen LogP contribution in [0, 0.1) is 5.92 Å². The minimum atomic E-state index is -0.445. The van der Waals surface area contributed by atoms with Crippen LogP contribution in [0.15, 0.2) is 78.9 Å². The maximum Gasteiger partial charge on any atom is 0.269 e. The molecule has 0 bridgehead atoms. The molecular weight excluding hydrogens is 528 g/mol. The average Bonchev–Trinajstić information content (AvgIpc) is 2.99. The van der Waals surface area contributed by atoms with Gasteiger partial charge in [0.25, 0.3) is 11.8 Å². The van der Waals surface area contributed by atoms with Crippen LogP contribution in [0.4, 0.5) is 5.69 Å². The molecule has 3 amide bonds. The summed E-state index contributed by atoms with van der Waals surface area (Å²) < 4.78 is 11.2. The first-order chi connectivity index (χ1) is 19.5. The molecule has 0 aromatic heterocycles. The zero-order chi connectivity index (χ0) is 28.2. The highest BCUT2D eigenvalue weighted by molar-refractivity contribution is 7.80. The Morgan fingerprint density at radius 3 is 1.93 bits per heavy atom. The third kappa shape index (κ3) is 8.81. The number of ether oxygens (including phenoxy) is 2. The van der Waals surface area contributed by atoms with Crippen molar-refractivity contribution in [2.45, 2.75) is 32.1 Å². The second kappa shape index (κ2) is 14.6. The first-order valence-corrected chi connectivity index (χ1v) is 13.6. The molecule has 0 spiro atoms. The van der Waals surface area contributed by atoms with Gasteiger partial charge in [0.1, 0.15) is 24.7 Å². The summed E-state index contributed by atoms with van der Waals surface area (Å²) in [5.41, 5.74) is 6.35. The lowest BCUT2D eigenvalue weighted by Crippen LogP contribution is -2.48. The summed E-state index contributed by atoms with van der Waals surface area (Å²) >= 11 is 5.12. The van der Waals surface area contributed by atoms with Crippen LogP contribution in [0.1, 0.15) is 52.8 Å². The molecular formula is C30H32N4O5S. The number of anilines is 1. The minimum absolute atomic E-state index is 0.0234. The van der Waals surface area contributed by atoms with Crippen molar-refractivity contribution in [3.05, 3.63) is 90.0 Å². The van der Waals surface area contributed by atoms with E-state index in [0.29, 0.717) is 35.8 Å². The van der Waals surface area contributed by atoms with Crippen molar-refractivity contribution in [1.29, 1.82) is 0 Å². The number of hydrazine groups is 1. The number of hydrogen-bond donors (Lipinski definition) is 4. The molecule has 3 aromatic carbocycles. The van der Waals surface area contributed by atoms with Gasteiger partial charge in [-0.3, -0.25) is 30.6 Å². The van der Waals surface area contributed by atoms with E-state index in [0.717, 1.165) is 31.4 Å². The summed E-state index contributed by atoms with van der Waals surface area (Å²) in [4.78, 5) is 37.4. The smallest absolute Gasteiger partial charge is 0.269 e. The maximum atomic E-state index is 12.5. The van der Waals surface area contributed by atoms with Gasteiger partial charge in [0, 0.05) is 22.7 Å². The molecule has 1 aliphatic rings.